The summed E-state index contributed by atoms with van der Waals surface area (Å²) in [4.78, 5) is 28.1. The largest absolute Gasteiger partial charge is 0.459 e. The average Bonchev–Trinajstić information content (AvgIpc) is 2.95. The van der Waals surface area contributed by atoms with E-state index in [0.29, 0.717) is 11.3 Å². The van der Waals surface area contributed by atoms with Gasteiger partial charge in [0.1, 0.15) is 0 Å². The zero-order valence-electron chi connectivity index (χ0n) is 11.1. The zero-order chi connectivity index (χ0) is 14.5. The highest BCUT2D eigenvalue weighted by atomic mass is 16.6. The summed E-state index contributed by atoms with van der Waals surface area (Å²) in [5, 5.41) is 2.70. The van der Waals surface area contributed by atoms with E-state index < -0.39 is 0 Å². The van der Waals surface area contributed by atoms with E-state index >= 15 is 0 Å². The molecule has 0 saturated carbocycles. The Labute approximate surface area is 115 Å². The Morgan fingerprint density at radius 2 is 2.00 bits per heavy atom. The third-order valence-electron chi connectivity index (χ3n) is 2.69. The van der Waals surface area contributed by atoms with Crippen LogP contribution >= 0.6 is 0 Å². The van der Waals surface area contributed by atoms with E-state index in [4.69, 9.17) is 4.42 Å². The first-order valence-electron chi connectivity index (χ1n) is 5.90. The lowest BCUT2D eigenvalue weighted by molar-refractivity contribution is 0.0537. The van der Waals surface area contributed by atoms with Gasteiger partial charge in [0, 0.05) is 11.3 Å². The monoisotopic (exact) mass is 274 g/mol. The lowest BCUT2D eigenvalue weighted by Gasteiger charge is -2.09. The molecule has 0 aliphatic carbocycles. The quantitative estimate of drug-likeness (QED) is 0.837. The molecule has 2 N–H and O–H groups in total. The van der Waals surface area contributed by atoms with E-state index in [9.17, 15) is 9.59 Å². The Morgan fingerprint density at radius 1 is 1.20 bits per heavy atom. The van der Waals surface area contributed by atoms with Crippen molar-refractivity contribution in [3.8, 4) is 0 Å². The third-order valence-corrected chi connectivity index (χ3v) is 2.69. The predicted octanol–water partition coefficient (Wildman–Crippen LogP) is 2.13. The Kier molecular flexibility index (Phi) is 4.17. The second kappa shape index (κ2) is 6.03. The highest BCUT2D eigenvalue weighted by molar-refractivity contribution is 6.03. The van der Waals surface area contributed by atoms with Crippen LogP contribution in [0.25, 0.3) is 0 Å². The maximum atomic E-state index is 11.9. The number of hydroxylamine groups is 1. The molecule has 20 heavy (non-hydrogen) atoms. The van der Waals surface area contributed by atoms with Gasteiger partial charge in [0.15, 0.2) is 5.76 Å². The number of nitrogens with one attached hydrogen (secondary N) is 2. The molecule has 1 heterocycles. The summed E-state index contributed by atoms with van der Waals surface area (Å²) < 4.78 is 5.01. The third kappa shape index (κ3) is 3.04. The van der Waals surface area contributed by atoms with Crippen molar-refractivity contribution in [2.75, 3.05) is 12.4 Å². The van der Waals surface area contributed by atoms with Crippen molar-refractivity contribution < 1.29 is 18.8 Å². The van der Waals surface area contributed by atoms with Crippen LogP contribution in [0.15, 0.2) is 41.0 Å². The molecule has 104 valence electrons. The molecular formula is C14H14N2O4. The summed E-state index contributed by atoms with van der Waals surface area (Å²) in [7, 11) is 1.35. The van der Waals surface area contributed by atoms with Crippen LogP contribution < -0.4 is 10.8 Å². The Balaban J connectivity index is 2.21. The van der Waals surface area contributed by atoms with Gasteiger partial charge in [-0.1, -0.05) is 6.07 Å². The van der Waals surface area contributed by atoms with E-state index in [1.807, 2.05) is 6.92 Å². The summed E-state index contributed by atoms with van der Waals surface area (Å²) in [5.41, 5.74) is 3.97. The number of aryl methyl sites for hydroxylation is 1. The molecular weight excluding hydrogens is 260 g/mol. The maximum Gasteiger partial charge on any atom is 0.291 e. The number of benzene rings is 1. The molecule has 0 aliphatic rings. The van der Waals surface area contributed by atoms with Crippen molar-refractivity contribution in [1.29, 1.82) is 0 Å². The first-order chi connectivity index (χ1) is 9.61. The van der Waals surface area contributed by atoms with Crippen molar-refractivity contribution in [1.82, 2.24) is 5.48 Å². The first-order valence-corrected chi connectivity index (χ1v) is 5.90. The van der Waals surface area contributed by atoms with Gasteiger partial charge >= 0.3 is 0 Å². The second-order valence-corrected chi connectivity index (χ2v) is 4.10. The Bertz CT molecular complexity index is 620. The van der Waals surface area contributed by atoms with Gasteiger partial charge in [0.05, 0.1) is 13.4 Å². The number of hydrogen-bond donors (Lipinski definition) is 2. The Hall–Kier alpha value is -2.60. The predicted molar refractivity (Wildman–Crippen MR) is 72.3 cm³/mol. The van der Waals surface area contributed by atoms with Gasteiger partial charge in [-0.3, -0.25) is 14.4 Å². The standard InChI is InChI=1S/C14H14N2O4/c1-9-5-6-10(13(17)16-19-2)8-11(9)15-14(18)12-4-3-7-20-12/h3-8H,1-2H3,(H,15,18)(H,16,17). The number of rotatable bonds is 4. The Morgan fingerprint density at radius 3 is 2.65 bits per heavy atom. The van der Waals surface area contributed by atoms with Crippen LogP contribution in [0.4, 0.5) is 5.69 Å². The summed E-state index contributed by atoms with van der Waals surface area (Å²) in [6, 6.07) is 8.15. The molecule has 2 rings (SSSR count). The van der Waals surface area contributed by atoms with Crippen molar-refractivity contribution in [2.24, 2.45) is 0 Å². The minimum atomic E-state index is -0.388. The van der Waals surface area contributed by atoms with Crippen LogP contribution in [0, 0.1) is 6.92 Å². The summed E-state index contributed by atoms with van der Waals surface area (Å²) >= 11 is 0. The fourth-order valence-electron chi connectivity index (χ4n) is 1.64. The van der Waals surface area contributed by atoms with Gasteiger partial charge in [0.25, 0.3) is 11.8 Å². The molecule has 0 spiro atoms. The number of anilines is 1. The van der Waals surface area contributed by atoms with Gasteiger partial charge in [0.2, 0.25) is 0 Å². The minimum Gasteiger partial charge on any atom is -0.459 e. The molecule has 6 nitrogen and oxygen atoms in total. The van der Waals surface area contributed by atoms with Crippen molar-refractivity contribution in [3.63, 3.8) is 0 Å². The molecule has 0 saturated heterocycles. The number of carbonyl (C=O) groups excluding carboxylic acids is 2. The summed E-state index contributed by atoms with van der Waals surface area (Å²) in [5.74, 6) is -0.556. The summed E-state index contributed by atoms with van der Waals surface area (Å²) in [6.45, 7) is 1.83. The fraction of sp³-hybridized carbons (Fsp3) is 0.143. The van der Waals surface area contributed by atoms with Crippen molar-refractivity contribution in [2.45, 2.75) is 6.92 Å². The highest BCUT2D eigenvalue weighted by Gasteiger charge is 2.12. The van der Waals surface area contributed by atoms with Crippen LogP contribution in [0.2, 0.25) is 0 Å². The molecule has 0 fully saturated rings. The first kappa shape index (κ1) is 13.8. The summed E-state index contributed by atoms with van der Waals surface area (Å²) in [6.07, 6.45) is 1.42. The molecule has 0 unspecified atom stereocenters. The van der Waals surface area contributed by atoms with Crippen molar-refractivity contribution in [3.05, 3.63) is 53.5 Å². The molecule has 6 heteroatoms. The highest BCUT2D eigenvalue weighted by Crippen LogP contribution is 2.18. The minimum absolute atomic E-state index is 0.205. The lowest BCUT2D eigenvalue weighted by atomic mass is 10.1. The molecule has 2 amide bonds. The second-order valence-electron chi connectivity index (χ2n) is 4.10. The van der Waals surface area contributed by atoms with Gasteiger partial charge in [-0.05, 0) is 36.8 Å². The molecule has 0 bridgehead atoms. The van der Waals surface area contributed by atoms with Crippen LogP contribution in [-0.2, 0) is 4.84 Å². The van der Waals surface area contributed by atoms with Gasteiger partial charge < -0.3 is 9.73 Å². The lowest BCUT2D eigenvalue weighted by Crippen LogP contribution is -2.22. The van der Waals surface area contributed by atoms with Crippen molar-refractivity contribution >= 4 is 17.5 Å². The van der Waals surface area contributed by atoms with Crippen LogP contribution in [0.3, 0.4) is 0 Å². The van der Waals surface area contributed by atoms with E-state index in [1.165, 1.54) is 13.4 Å². The van der Waals surface area contributed by atoms with Gasteiger partial charge in [-0.25, -0.2) is 5.48 Å². The van der Waals surface area contributed by atoms with Crippen LogP contribution in [0.1, 0.15) is 26.5 Å². The fourth-order valence-corrected chi connectivity index (χ4v) is 1.64. The molecule has 0 aliphatic heterocycles. The average molecular weight is 274 g/mol. The molecule has 1 aromatic carbocycles. The normalized spacial score (nSPS) is 10.1. The van der Waals surface area contributed by atoms with E-state index in [0.717, 1.165) is 5.56 Å². The zero-order valence-corrected chi connectivity index (χ0v) is 11.1. The molecule has 0 atom stereocenters. The topological polar surface area (TPSA) is 80.6 Å². The number of hydrogen-bond acceptors (Lipinski definition) is 4. The van der Waals surface area contributed by atoms with Gasteiger partial charge in [-0.2, -0.15) is 0 Å². The maximum absolute atomic E-state index is 11.9. The molecule has 1 aromatic heterocycles. The number of amides is 2. The molecule has 2 aromatic rings. The van der Waals surface area contributed by atoms with E-state index in [1.54, 1.807) is 30.3 Å². The van der Waals surface area contributed by atoms with Crippen LogP contribution in [0.5, 0.6) is 0 Å². The number of furan rings is 1. The number of carbonyl (C=O) groups is 2. The van der Waals surface area contributed by atoms with E-state index in [-0.39, 0.29) is 17.6 Å². The van der Waals surface area contributed by atoms with Crippen LogP contribution in [-0.4, -0.2) is 18.9 Å². The smallest absolute Gasteiger partial charge is 0.291 e. The SMILES string of the molecule is CONC(=O)c1ccc(C)c(NC(=O)c2ccco2)c1. The molecule has 0 radical (unpaired) electrons. The van der Waals surface area contributed by atoms with E-state index in [2.05, 4.69) is 15.6 Å². The van der Waals surface area contributed by atoms with Gasteiger partial charge in [-0.15, -0.1) is 0 Å².